The van der Waals surface area contributed by atoms with Crippen molar-refractivity contribution in [2.75, 3.05) is 40.5 Å². The number of ether oxygens (including phenoxy) is 2. The predicted octanol–water partition coefficient (Wildman–Crippen LogP) is 7.83. The Labute approximate surface area is 239 Å². The van der Waals surface area contributed by atoms with Crippen molar-refractivity contribution >= 4 is 14.6 Å². The van der Waals surface area contributed by atoms with Crippen LogP contribution >= 0.6 is 8.60 Å². The van der Waals surface area contributed by atoms with Crippen molar-refractivity contribution in [3.63, 3.8) is 0 Å². The number of unbranched alkanes of at least 4 members (excludes halogenated alkanes) is 12. The van der Waals surface area contributed by atoms with E-state index in [0.717, 1.165) is 31.6 Å². The van der Waals surface area contributed by atoms with Gasteiger partial charge in [-0.25, -0.2) is 0 Å². The molecule has 0 amide bonds. The van der Waals surface area contributed by atoms with Crippen molar-refractivity contribution in [3.8, 4) is 5.75 Å². The Hall–Kier alpha value is -1.24. The van der Waals surface area contributed by atoms with Gasteiger partial charge < -0.3 is 28.3 Å². The average Bonchev–Trinajstić information content (AvgIpc) is 2.90. The molecule has 1 aromatic carbocycles. The average molecular weight is 570 g/mol. The number of esters is 1. The molecule has 1 aromatic rings. The minimum Gasteiger partial charge on any atom is -0.490 e. The number of rotatable bonds is 26. The number of aryl methyl sites for hydroxylation is 1. The molecule has 0 fully saturated rings. The highest BCUT2D eigenvalue weighted by atomic mass is 31.2. The Morgan fingerprint density at radius 3 is 2.13 bits per heavy atom. The lowest BCUT2D eigenvalue weighted by atomic mass is 10.0. The van der Waals surface area contributed by atoms with Gasteiger partial charge in [-0.2, -0.15) is 0 Å². The van der Waals surface area contributed by atoms with Crippen LogP contribution in [0.3, 0.4) is 0 Å². The third-order valence-electron chi connectivity index (χ3n) is 6.56. The normalized spacial score (nSPS) is 13.0. The van der Waals surface area contributed by atoms with Crippen LogP contribution in [0, 0.1) is 0 Å². The molecule has 0 saturated heterocycles. The van der Waals surface area contributed by atoms with E-state index in [0.29, 0.717) is 6.61 Å². The maximum atomic E-state index is 11.5. The standard InChI is InChI=1S/C31H56NO6P/c1-5-6-7-8-9-10-11-12-13-14-15-16-20-29-21-19-22-30(25-29)35-26-31(38-28(2)33)27-37-39(34)36-24-18-17-23-32(3)4/h19,21-22,25,31,34H,5-18,20,23-24,26-27H2,1-4H3. The molecule has 2 unspecified atom stereocenters. The summed E-state index contributed by atoms with van der Waals surface area (Å²) < 4.78 is 22.0. The summed E-state index contributed by atoms with van der Waals surface area (Å²) in [6.45, 7) is 5.18. The molecular formula is C31H56NO6P. The first-order valence-corrected chi connectivity index (χ1v) is 16.3. The van der Waals surface area contributed by atoms with Crippen molar-refractivity contribution < 1.29 is 28.2 Å². The topological polar surface area (TPSA) is 77.5 Å². The van der Waals surface area contributed by atoms with Gasteiger partial charge in [-0.1, -0.05) is 89.7 Å². The Bertz CT molecular complexity index is 720. The number of hydrogen-bond acceptors (Lipinski definition) is 7. The van der Waals surface area contributed by atoms with E-state index in [2.05, 4.69) is 24.0 Å². The number of nitrogens with zero attached hydrogens (tertiary/aromatic N) is 1. The van der Waals surface area contributed by atoms with Gasteiger partial charge in [0, 0.05) is 6.92 Å². The minimum absolute atomic E-state index is 0.0119. The molecule has 7 nitrogen and oxygen atoms in total. The van der Waals surface area contributed by atoms with Crippen LogP contribution in [0.2, 0.25) is 0 Å². The van der Waals surface area contributed by atoms with Gasteiger partial charge in [-0.05, 0) is 64.0 Å². The molecule has 226 valence electrons. The molecule has 1 N–H and O–H groups in total. The molecule has 0 aliphatic rings. The van der Waals surface area contributed by atoms with E-state index < -0.39 is 20.7 Å². The first-order chi connectivity index (χ1) is 18.9. The molecule has 2 atom stereocenters. The summed E-state index contributed by atoms with van der Waals surface area (Å²) in [5.74, 6) is 0.326. The zero-order valence-corrected chi connectivity index (χ0v) is 26.1. The zero-order valence-electron chi connectivity index (χ0n) is 25.2. The fourth-order valence-electron chi connectivity index (χ4n) is 4.36. The van der Waals surface area contributed by atoms with Crippen LogP contribution < -0.4 is 4.74 Å². The van der Waals surface area contributed by atoms with Crippen molar-refractivity contribution in [1.82, 2.24) is 4.90 Å². The molecule has 0 aromatic heterocycles. The third kappa shape index (κ3) is 22.2. The lowest BCUT2D eigenvalue weighted by Crippen LogP contribution is -2.28. The molecule has 0 radical (unpaired) electrons. The first kappa shape index (κ1) is 35.8. The van der Waals surface area contributed by atoms with Crippen LogP contribution in [-0.4, -0.2) is 62.3 Å². The van der Waals surface area contributed by atoms with Crippen molar-refractivity contribution in [2.24, 2.45) is 0 Å². The largest absolute Gasteiger partial charge is 0.490 e. The Kier molecular flexibility index (Phi) is 22.5. The monoisotopic (exact) mass is 569 g/mol. The second-order valence-electron chi connectivity index (χ2n) is 10.7. The van der Waals surface area contributed by atoms with Crippen molar-refractivity contribution in [3.05, 3.63) is 29.8 Å². The molecule has 0 aliphatic heterocycles. The quantitative estimate of drug-likeness (QED) is 0.0692. The predicted molar refractivity (Wildman–Crippen MR) is 161 cm³/mol. The van der Waals surface area contributed by atoms with Crippen LogP contribution in [0.5, 0.6) is 5.75 Å². The molecule has 0 bridgehead atoms. The molecule has 0 aliphatic carbocycles. The van der Waals surface area contributed by atoms with Crippen LogP contribution in [-0.2, 0) is 25.0 Å². The van der Waals surface area contributed by atoms with E-state index in [1.807, 2.05) is 26.2 Å². The molecule has 1 rings (SSSR count). The highest BCUT2D eigenvalue weighted by Gasteiger charge is 2.17. The summed E-state index contributed by atoms with van der Waals surface area (Å²) in [6.07, 6.45) is 18.4. The molecular weight excluding hydrogens is 513 g/mol. The first-order valence-electron chi connectivity index (χ1n) is 15.2. The van der Waals surface area contributed by atoms with Gasteiger partial charge in [0.2, 0.25) is 0 Å². The van der Waals surface area contributed by atoms with Gasteiger partial charge in [0.15, 0.2) is 6.10 Å². The summed E-state index contributed by atoms with van der Waals surface area (Å²) in [5, 5.41) is 0. The molecule has 0 saturated carbocycles. The number of carbonyl (C=O) groups is 1. The van der Waals surface area contributed by atoms with Crippen molar-refractivity contribution in [2.45, 2.75) is 116 Å². The molecule has 39 heavy (non-hydrogen) atoms. The lowest BCUT2D eigenvalue weighted by Gasteiger charge is -2.19. The highest BCUT2D eigenvalue weighted by Crippen LogP contribution is 2.33. The summed E-state index contributed by atoms with van der Waals surface area (Å²) in [6, 6.07) is 8.10. The van der Waals surface area contributed by atoms with Gasteiger partial charge in [0.1, 0.15) is 12.4 Å². The van der Waals surface area contributed by atoms with Gasteiger partial charge in [-0.15, -0.1) is 0 Å². The summed E-state index contributed by atoms with van der Waals surface area (Å²) in [4.78, 5) is 23.6. The smallest absolute Gasteiger partial charge is 0.329 e. The van der Waals surface area contributed by atoms with E-state index in [1.165, 1.54) is 89.5 Å². The van der Waals surface area contributed by atoms with Gasteiger partial charge in [0.05, 0.1) is 13.2 Å². The van der Waals surface area contributed by atoms with Crippen LogP contribution in [0.25, 0.3) is 0 Å². The van der Waals surface area contributed by atoms with Crippen LogP contribution in [0.1, 0.15) is 109 Å². The second kappa shape index (κ2) is 24.5. The van der Waals surface area contributed by atoms with Crippen molar-refractivity contribution in [1.29, 1.82) is 0 Å². The van der Waals surface area contributed by atoms with Gasteiger partial charge in [-0.3, -0.25) is 4.79 Å². The Morgan fingerprint density at radius 1 is 0.872 bits per heavy atom. The second-order valence-corrected chi connectivity index (χ2v) is 11.7. The van der Waals surface area contributed by atoms with Crippen LogP contribution in [0.15, 0.2) is 24.3 Å². The van der Waals surface area contributed by atoms with E-state index in [-0.39, 0.29) is 13.2 Å². The molecule has 0 heterocycles. The number of carbonyl (C=O) groups excluding carboxylic acids is 1. The molecule has 8 heteroatoms. The zero-order chi connectivity index (χ0) is 28.6. The summed E-state index contributed by atoms with van der Waals surface area (Å²) in [7, 11) is 2.03. The summed E-state index contributed by atoms with van der Waals surface area (Å²) in [5.41, 5.74) is 1.25. The van der Waals surface area contributed by atoms with Gasteiger partial charge >= 0.3 is 14.6 Å². The third-order valence-corrected chi connectivity index (χ3v) is 7.33. The Balaban J connectivity index is 2.24. The number of hydrogen-bond donors (Lipinski definition) is 1. The minimum atomic E-state index is -2.02. The lowest BCUT2D eigenvalue weighted by molar-refractivity contribution is -0.149. The highest BCUT2D eigenvalue weighted by molar-refractivity contribution is 7.40. The van der Waals surface area contributed by atoms with E-state index in [4.69, 9.17) is 18.5 Å². The maximum absolute atomic E-state index is 11.5. The number of benzene rings is 1. The van der Waals surface area contributed by atoms with Crippen LogP contribution in [0.4, 0.5) is 0 Å². The van der Waals surface area contributed by atoms with Gasteiger partial charge in [0.25, 0.3) is 0 Å². The Morgan fingerprint density at radius 2 is 1.51 bits per heavy atom. The van der Waals surface area contributed by atoms with E-state index in [9.17, 15) is 9.69 Å². The maximum Gasteiger partial charge on any atom is 0.329 e. The fraction of sp³-hybridized carbons (Fsp3) is 0.774. The molecule has 0 spiro atoms. The van der Waals surface area contributed by atoms with E-state index in [1.54, 1.807) is 0 Å². The van der Waals surface area contributed by atoms with E-state index >= 15 is 0 Å². The SMILES string of the molecule is CCCCCCCCCCCCCCc1cccc(OCC(COP(O)OCCCCN(C)C)OC(C)=O)c1. The summed E-state index contributed by atoms with van der Waals surface area (Å²) >= 11 is 0. The fourth-order valence-corrected chi connectivity index (χ4v) is 5.01.